The van der Waals surface area contributed by atoms with Crippen LogP contribution in [0, 0.1) is 13.8 Å². The second-order valence-corrected chi connectivity index (χ2v) is 5.82. The molecule has 2 aromatic rings. The predicted molar refractivity (Wildman–Crippen MR) is 89.5 cm³/mol. The van der Waals surface area contributed by atoms with Crippen LogP contribution in [0.2, 0.25) is 5.02 Å². The monoisotopic (exact) mass is 356 g/mol. The lowest BCUT2D eigenvalue weighted by molar-refractivity contribution is -0.137. The maximum absolute atomic E-state index is 12.8. The lowest BCUT2D eigenvalue weighted by atomic mass is 10.1. The zero-order valence-electron chi connectivity index (χ0n) is 13.1. The summed E-state index contributed by atoms with van der Waals surface area (Å²) in [5, 5.41) is 5.01. The predicted octanol–water partition coefficient (Wildman–Crippen LogP) is 5.03. The van der Waals surface area contributed by atoms with Crippen molar-refractivity contribution in [2.24, 2.45) is 0 Å². The molecule has 128 valence electrons. The smallest absolute Gasteiger partial charge is 0.376 e. The number of rotatable bonds is 4. The van der Waals surface area contributed by atoms with Gasteiger partial charge in [-0.1, -0.05) is 23.7 Å². The fourth-order valence-electron chi connectivity index (χ4n) is 2.10. The Labute approximate surface area is 142 Å². The molecule has 24 heavy (non-hydrogen) atoms. The SMILES string of the molecule is Cc1ccc(C)c(NC(=O)CNc2ccc(Cl)c(C(F)(F)F)c2)c1. The van der Waals surface area contributed by atoms with Crippen LogP contribution in [0.3, 0.4) is 0 Å². The summed E-state index contributed by atoms with van der Waals surface area (Å²) in [7, 11) is 0. The molecule has 2 N–H and O–H groups in total. The van der Waals surface area contributed by atoms with Gasteiger partial charge in [0.15, 0.2) is 0 Å². The van der Waals surface area contributed by atoms with Crippen LogP contribution >= 0.6 is 11.6 Å². The largest absolute Gasteiger partial charge is 0.417 e. The summed E-state index contributed by atoms with van der Waals surface area (Å²) in [6.07, 6.45) is -4.55. The van der Waals surface area contributed by atoms with E-state index in [4.69, 9.17) is 11.6 Å². The highest BCUT2D eigenvalue weighted by molar-refractivity contribution is 6.31. The molecule has 2 aromatic carbocycles. The third kappa shape index (κ3) is 4.64. The highest BCUT2D eigenvalue weighted by Gasteiger charge is 2.33. The van der Waals surface area contributed by atoms with E-state index in [0.717, 1.165) is 23.3 Å². The van der Waals surface area contributed by atoms with Crippen molar-refractivity contribution in [3.05, 3.63) is 58.1 Å². The Bertz CT molecular complexity index is 760. The Morgan fingerprint density at radius 2 is 1.83 bits per heavy atom. The number of nitrogens with one attached hydrogen (secondary N) is 2. The summed E-state index contributed by atoms with van der Waals surface area (Å²) in [4.78, 5) is 12.0. The minimum atomic E-state index is -4.55. The van der Waals surface area contributed by atoms with Gasteiger partial charge < -0.3 is 10.6 Å². The van der Waals surface area contributed by atoms with E-state index in [9.17, 15) is 18.0 Å². The zero-order valence-corrected chi connectivity index (χ0v) is 13.8. The minimum absolute atomic E-state index is 0.160. The van der Waals surface area contributed by atoms with Gasteiger partial charge in [-0.25, -0.2) is 0 Å². The molecule has 1 amide bonds. The van der Waals surface area contributed by atoms with Crippen molar-refractivity contribution < 1.29 is 18.0 Å². The third-order valence-electron chi connectivity index (χ3n) is 3.39. The van der Waals surface area contributed by atoms with E-state index in [1.54, 1.807) is 0 Å². The number of hydrogen-bond acceptors (Lipinski definition) is 2. The van der Waals surface area contributed by atoms with Crippen LogP contribution in [-0.2, 0) is 11.0 Å². The number of carbonyl (C=O) groups is 1. The summed E-state index contributed by atoms with van der Waals surface area (Å²) in [5.41, 5.74) is 1.80. The van der Waals surface area contributed by atoms with Crippen LogP contribution in [0.4, 0.5) is 24.5 Å². The second-order valence-electron chi connectivity index (χ2n) is 5.41. The molecule has 0 atom stereocenters. The summed E-state index contributed by atoms with van der Waals surface area (Å²) >= 11 is 5.56. The van der Waals surface area contributed by atoms with Crippen LogP contribution in [0.5, 0.6) is 0 Å². The van der Waals surface area contributed by atoms with Crippen LogP contribution in [0.1, 0.15) is 16.7 Å². The maximum atomic E-state index is 12.8. The first-order chi connectivity index (χ1) is 11.2. The van der Waals surface area contributed by atoms with Gasteiger partial charge >= 0.3 is 6.18 Å². The van der Waals surface area contributed by atoms with Gasteiger partial charge in [0.05, 0.1) is 17.1 Å². The molecule has 0 saturated carbocycles. The zero-order chi connectivity index (χ0) is 17.9. The summed E-state index contributed by atoms with van der Waals surface area (Å²) in [6.45, 7) is 3.60. The summed E-state index contributed by atoms with van der Waals surface area (Å²) in [5.74, 6) is -0.354. The minimum Gasteiger partial charge on any atom is -0.376 e. The maximum Gasteiger partial charge on any atom is 0.417 e. The second kappa shape index (κ2) is 7.13. The van der Waals surface area contributed by atoms with Gasteiger partial charge in [-0.2, -0.15) is 13.2 Å². The molecule has 0 radical (unpaired) electrons. The van der Waals surface area contributed by atoms with E-state index in [1.807, 2.05) is 32.0 Å². The number of halogens is 4. The molecule has 0 aliphatic carbocycles. The van der Waals surface area contributed by atoms with Gasteiger partial charge in [-0.05, 0) is 49.2 Å². The lowest BCUT2D eigenvalue weighted by Gasteiger charge is -2.13. The number of benzene rings is 2. The van der Waals surface area contributed by atoms with E-state index in [0.29, 0.717) is 5.69 Å². The number of anilines is 2. The molecule has 0 aromatic heterocycles. The van der Waals surface area contributed by atoms with Crippen molar-refractivity contribution in [1.82, 2.24) is 0 Å². The average Bonchev–Trinajstić information content (AvgIpc) is 2.49. The lowest BCUT2D eigenvalue weighted by Crippen LogP contribution is -2.22. The Balaban J connectivity index is 2.03. The van der Waals surface area contributed by atoms with E-state index >= 15 is 0 Å². The molecular formula is C17H16ClF3N2O. The molecule has 0 aliphatic heterocycles. The topological polar surface area (TPSA) is 41.1 Å². The Morgan fingerprint density at radius 1 is 1.12 bits per heavy atom. The first-order valence-corrected chi connectivity index (χ1v) is 7.52. The van der Waals surface area contributed by atoms with Crippen molar-refractivity contribution >= 4 is 28.9 Å². The van der Waals surface area contributed by atoms with Crippen LogP contribution in [0.25, 0.3) is 0 Å². The normalized spacial score (nSPS) is 11.2. The third-order valence-corrected chi connectivity index (χ3v) is 3.72. The summed E-state index contributed by atoms with van der Waals surface area (Å²) < 4.78 is 38.4. The van der Waals surface area contributed by atoms with E-state index < -0.39 is 11.7 Å². The summed E-state index contributed by atoms with van der Waals surface area (Å²) in [6, 6.07) is 9.06. The van der Waals surface area contributed by atoms with Gasteiger partial charge in [-0.3, -0.25) is 4.79 Å². The molecule has 3 nitrogen and oxygen atoms in total. The average molecular weight is 357 g/mol. The fourth-order valence-corrected chi connectivity index (χ4v) is 2.32. The van der Waals surface area contributed by atoms with Crippen molar-refractivity contribution in [3.8, 4) is 0 Å². The molecule has 0 fully saturated rings. The van der Waals surface area contributed by atoms with Crippen molar-refractivity contribution in [2.45, 2.75) is 20.0 Å². The number of hydrogen-bond donors (Lipinski definition) is 2. The molecule has 2 rings (SSSR count). The van der Waals surface area contributed by atoms with Crippen molar-refractivity contribution in [1.29, 1.82) is 0 Å². The molecule has 0 unspecified atom stereocenters. The van der Waals surface area contributed by atoms with E-state index in [2.05, 4.69) is 10.6 Å². The molecule has 0 saturated heterocycles. The molecule has 7 heteroatoms. The van der Waals surface area contributed by atoms with Crippen LogP contribution in [-0.4, -0.2) is 12.5 Å². The van der Waals surface area contributed by atoms with Gasteiger partial charge in [0, 0.05) is 11.4 Å². The Morgan fingerprint density at radius 3 is 2.50 bits per heavy atom. The Hall–Kier alpha value is -2.21. The van der Waals surface area contributed by atoms with Crippen LogP contribution in [0.15, 0.2) is 36.4 Å². The standard InChI is InChI=1S/C17H16ClF3N2O/c1-10-3-4-11(2)15(7-10)23-16(24)9-22-12-5-6-14(18)13(8-12)17(19,20)21/h3-8,22H,9H2,1-2H3,(H,23,24). The first-order valence-electron chi connectivity index (χ1n) is 7.14. The Kier molecular flexibility index (Phi) is 5.39. The van der Waals surface area contributed by atoms with E-state index in [-0.39, 0.29) is 23.2 Å². The number of carbonyl (C=O) groups excluding carboxylic acids is 1. The highest BCUT2D eigenvalue weighted by atomic mass is 35.5. The molecule has 0 aliphatic rings. The molecule has 0 spiro atoms. The van der Waals surface area contributed by atoms with Gasteiger partial charge in [0.2, 0.25) is 5.91 Å². The van der Waals surface area contributed by atoms with Gasteiger partial charge in [-0.15, -0.1) is 0 Å². The van der Waals surface area contributed by atoms with Gasteiger partial charge in [0.25, 0.3) is 0 Å². The fraction of sp³-hybridized carbons (Fsp3) is 0.235. The molecule has 0 heterocycles. The van der Waals surface area contributed by atoms with Gasteiger partial charge in [0.1, 0.15) is 0 Å². The van der Waals surface area contributed by atoms with Crippen LogP contribution < -0.4 is 10.6 Å². The van der Waals surface area contributed by atoms with E-state index in [1.165, 1.54) is 6.07 Å². The number of aryl methyl sites for hydroxylation is 2. The molecular weight excluding hydrogens is 341 g/mol. The first kappa shape index (κ1) is 18.1. The number of amides is 1. The molecule has 0 bridgehead atoms. The van der Waals surface area contributed by atoms with Crippen molar-refractivity contribution in [2.75, 3.05) is 17.2 Å². The quantitative estimate of drug-likeness (QED) is 0.807. The number of alkyl halides is 3. The van der Waals surface area contributed by atoms with Crippen molar-refractivity contribution in [3.63, 3.8) is 0 Å². The highest BCUT2D eigenvalue weighted by Crippen LogP contribution is 2.36.